The summed E-state index contributed by atoms with van der Waals surface area (Å²) in [5.41, 5.74) is 5.70. The van der Waals surface area contributed by atoms with Crippen LogP contribution in [-0.2, 0) is 0 Å². The minimum atomic E-state index is -0.594. The van der Waals surface area contributed by atoms with Gasteiger partial charge >= 0.3 is 0 Å². The maximum Gasteiger partial charge on any atom is 0.254 e. The fourth-order valence-electron chi connectivity index (χ4n) is 0.974. The monoisotopic (exact) mass is 182 g/mol. The number of carbonyl (C=O) groups excluding carboxylic acids is 1. The maximum absolute atomic E-state index is 10.8. The number of primary amides is 1. The molecule has 0 aliphatic heterocycles. The molecule has 5 nitrogen and oxygen atoms in total. The van der Waals surface area contributed by atoms with Crippen LogP contribution in [0.4, 0.5) is 0 Å². The molecule has 0 radical (unpaired) electrons. The van der Waals surface area contributed by atoms with E-state index in [2.05, 4.69) is 4.98 Å². The van der Waals surface area contributed by atoms with Gasteiger partial charge in [-0.3, -0.25) is 4.79 Å². The summed E-state index contributed by atoms with van der Waals surface area (Å²) in [6.45, 7) is 1.58. The van der Waals surface area contributed by atoms with E-state index in [9.17, 15) is 9.90 Å². The van der Waals surface area contributed by atoms with Crippen LogP contribution in [-0.4, -0.2) is 23.1 Å². The molecule has 1 aromatic rings. The molecule has 1 heterocycles. The molecule has 0 saturated carbocycles. The van der Waals surface area contributed by atoms with Crippen LogP contribution in [0.5, 0.6) is 11.6 Å². The predicted octanol–water partition coefficient (Wildman–Crippen LogP) is 0.203. The number of hydrogen-bond donors (Lipinski definition) is 2. The third kappa shape index (κ3) is 1.69. The van der Waals surface area contributed by atoms with Gasteiger partial charge in [-0.25, -0.2) is 4.98 Å². The van der Waals surface area contributed by atoms with Crippen molar-refractivity contribution in [2.24, 2.45) is 5.73 Å². The van der Waals surface area contributed by atoms with E-state index in [0.717, 1.165) is 0 Å². The molecule has 5 heteroatoms. The molecule has 0 atom stereocenters. The summed E-state index contributed by atoms with van der Waals surface area (Å²) in [6, 6.07) is 1.36. The molecule has 0 fully saturated rings. The molecule has 1 rings (SSSR count). The molecule has 1 aromatic heterocycles. The van der Waals surface area contributed by atoms with Crippen LogP contribution >= 0.6 is 0 Å². The normalized spacial score (nSPS) is 9.69. The average molecular weight is 182 g/mol. The molecular formula is C8H10N2O3. The second kappa shape index (κ2) is 3.30. The Bertz CT molecular complexity index is 349. The molecule has 70 valence electrons. The van der Waals surface area contributed by atoms with Crippen LogP contribution in [0.15, 0.2) is 6.07 Å². The number of ether oxygens (including phenoxy) is 1. The number of rotatable bonds is 2. The van der Waals surface area contributed by atoms with Gasteiger partial charge in [-0.05, 0) is 6.92 Å². The third-order valence-electron chi connectivity index (χ3n) is 1.64. The van der Waals surface area contributed by atoms with Gasteiger partial charge in [0.25, 0.3) is 11.8 Å². The van der Waals surface area contributed by atoms with Gasteiger partial charge in [-0.1, -0.05) is 0 Å². The number of aromatic nitrogens is 1. The first kappa shape index (κ1) is 9.31. The van der Waals surface area contributed by atoms with Gasteiger partial charge in [0.2, 0.25) is 0 Å². The van der Waals surface area contributed by atoms with Gasteiger partial charge in [0, 0.05) is 6.07 Å². The number of carbonyl (C=O) groups is 1. The van der Waals surface area contributed by atoms with E-state index in [1.54, 1.807) is 6.92 Å². The minimum absolute atomic E-state index is 0.138. The van der Waals surface area contributed by atoms with Crippen molar-refractivity contribution >= 4 is 5.91 Å². The molecular weight excluding hydrogens is 172 g/mol. The molecule has 1 amide bonds. The lowest BCUT2D eigenvalue weighted by Gasteiger charge is -2.05. The van der Waals surface area contributed by atoms with Crippen LogP contribution in [0, 0.1) is 6.92 Å². The highest BCUT2D eigenvalue weighted by atomic mass is 16.5. The number of nitrogens with zero attached hydrogens (tertiary/aromatic N) is 1. The molecule has 3 N–H and O–H groups in total. The third-order valence-corrected chi connectivity index (χ3v) is 1.64. The highest BCUT2D eigenvalue weighted by molar-refractivity contribution is 5.94. The highest BCUT2D eigenvalue weighted by Gasteiger charge is 2.11. The smallest absolute Gasteiger partial charge is 0.254 e. The predicted molar refractivity (Wildman–Crippen MR) is 45.7 cm³/mol. The van der Waals surface area contributed by atoms with E-state index in [4.69, 9.17) is 10.5 Å². The van der Waals surface area contributed by atoms with E-state index in [1.165, 1.54) is 13.2 Å². The number of nitrogens with two attached hydrogens (primary N) is 1. The van der Waals surface area contributed by atoms with Crippen molar-refractivity contribution in [1.82, 2.24) is 4.98 Å². The summed E-state index contributed by atoms with van der Waals surface area (Å²) in [6.07, 6.45) is 0. The second-order valence-corrected chi connectivity index (χ2v) is 2.51. The fourth-order valence-corrected chi connectivity index (χ4v) is 0.974. The van der Waals surface area contributed by atoms with Gasteiger partial charge in [-0.15, -0.1) is 0 Å². The van der Waals surface area contributed by atoms with E-state index in [0.29, 0.717) is 5.69 Å². The number of aromatic hydroxyl groups is 1. The van der Waals surface area contributed by atoms with Gasteiger partial charge in [0.15, 0.2) is 5.75 Å². The first-order valence-corrected chi connectivity index (χ1v) is 3.60. The number of hydrogen-bond acceptors (Lipinski definition) is 4. The van der Waals surface area contributed by atoms with Crippen molar-refractivity contribution in [3.8, 4) is 11.6 Å². The first-order chi connectivity index (χ1) is 6.06. The molecule has 0 saturated heterocycles. The molecule has 0 aliphatic carbocycles. The Morgan fingerprint density at radius 3 is 2.77 bits per heavy atom. The average Bonchev–Trinajstić information content (AvgIpc) is 2.03. The number of aryl methyl sites for hydroxylation is 1. The summed E-state index contributed by atoms with van der Waals surface area (Å²) >= 11 is 0. The molecule has 0 bridgehead atoms. The number of methoxy groups -OCH3 is 1. The van der Waals surface area contributed by atoms with Crippen molar-refractivity contribution in [3.63, 3.8) is 0 Å². The lowest BCUT2D eigenvalue weighted by atomic mass is 10.2. The Kier molecular flexibility index (Phi) is 2.36. The van der Waals surface area contributed by atoms with Crippen LogP contribution in [0.3, 0.4) is 0 Å². The zero-order valence-corrected chi connectivity index (χ0v) is 7.37. The zero-order chi connectivity index (χ0) is 10.0. The molecule has 13 heavy (non-hydrogen) atoms. The van der Waals surface area contributed by atoms with Gasteiger partial charge in [0.05, 0.1) is 18.4 Å². The number of amides is 1. The largest absolute Gasteiger partial charge is 0.491 e. The van der Waals surface area contributed by atoms with Crippen LogP contribution in [0.25, 0.3) is 0 Å². The van der Waals surface area contributed by atoms with Crippen molar-refractivity contribution in [3.05, 3.63) is 17.3 Å². The standard InChI is InChI=1S/C8H10N2O3/c1-4-5(7(9)11)3-6(13-2)8(12)10-4/h3H,1-2H3,(H2,9,11)(H,10,12). The first-order valence-electron chi connectivity index (χ1n) is 3.60. The van der Waals surface area contributed by atoms with Crippen LogP contribution < -0.4 is 10.5 Å². The van der Waals surface area contributed by atoms with Crippen molar-refractivity contribution < 1.29 is 14.6 Å². The van der Waals surface area contributed by atoms with Gasteiger partial charge in [-0.2, -0.15) is 0 Å². The van der Waals surface area contributed by atoms with Gasteiger partial charge < -0.3 is 15.6 Å². The fraction of sp³-hybridized carbons (Fsp3) is 0.250. The Hall–Kier alpha value is -1.78. The lowest BCUT2D eigenvalue weighted by Crippen LogP contribution is -2.13. The SMILES string of the molecule is COc1cc(C(N)=O)c(C)nc1O. The Labute approximate surface area is 75.2 Å². The molecule has 0 aromatic carbocycles. The van der Waals surface area contributed by atoms with Crippen molar-refractivity contribution in [1.29, 1.82) is 0 Å². The molecule has 0 aliphatic rings. The van der Waals surface area contributed by atoms with Gasteiger partial charge in [0.1, 0.15) is 0 Å². The quantitative estimate of drug-likeness (QED) is 0.684. The molecule has 0 unspecified atom stereocenters. The van der Waals surface area contributed by atoms with E-state index >= 15 is 0 Å². The second-order valence-electron chi connectivity index (χ2n) is 2.51. The molecule has 0 spiro atoms. The topological polar surface area (TPSA) is 85.4 Å². The van der Waals surface area contributed by atoms with E-state index < -0.39 is 5.91 Å². The van der Waals surface area contributed by atoms with Crippen LogP contribution in [0.2, 0.25) is 0 Å². The Balaban J connectivity index is 3.30. The maximum atomic E-state index is 10.8. The van der Waals surface area contributed by atoms with Crippen LogP contribution in [0.1, 0.15) is 16.1 Å². The minimum Gasteiger partial charge on any atom is -0.491 e. The summed E-state index contributed by atoms with van der Waals surface area (Å²) in [5.74, 6) is -0.701. The van der Waals surface area contributed by atoms with Crippen molar-refractivity contribution in [2.75, 3.05) is 7.11 Å². The highest BCUT2D eigenvalue weighted by Crippen LogP contribution is 2.25. The Morgan fingerprint density at radius 1 is 1.69 bits per heavy atom. The summed E-state index contributed by atoms with van der Waals surface area (Å²) in [4.78, 5) is 14.5. The lowest BCUT2D eigenvalue weighted by molar-refractivity contribution is 0.0999. The Morgan fingerprint density at radius 2 is 2.31 bits per heavy atom. The summed E-state index contributed by atoms with van der Waals surface area (Å²) in [5, 5.41) is 9.21. The summed E-state index contributed by atoms with van der Waals surface area (Å²) < 4.78 is 4.77. The van der Waals surface area contributed by atoms with E-state index in [-0.39, 0.29) is 17.2 Å². The van der Waals surface area contributed by atoms with Crippen molar-refractivity contribution in [2.45, 2.75) is 6.92 Å². The summed E-state index contributed by atoms with van der Waals surface area (Å²) in [7, 11) is 1.37. The number of pyridine rings is 1. The zero-order valence-electron chi connectivity index (χ0n) is 7.37. The van der Waals surface area contributed by atoms with E-state index in [1.807, 2.05) is 0 Å².